The zero-order chi connectivity index (χ0) is 20.2. The number of amides is 1. The maximum absolute atomic E-state index is 12.4. The molecule has 1 amide bonds. The van der Waals surface area contributed by atoms with E-state index in [0.29, 0.717) is 5.56 Å². The summed E-state index contributed by atoms with van der Waals surface area (Å²) >= 11 is 3.28. The highest BCUT2D eigenvalue weighted by atomic mass is 79.9. The molecule has 7 nitrogen and oxygen atoms in total. The summed E-state index contributed by atoms with van der Waals surface area (Å²) in [5, 5.41) is 9.15. The van der Waals surface area contributed by atoms with Gasteiger partial charge in [-0.15, -0.1) is 0 Å². The van der Waals surface area contributed by atoms with E-state index in [2.05, 4.69) is 22.0 Å². The van der Waals surface area contributed by atoms with Crippen molar-refractivity contribution in [3.8, 4) is 6.07 Å². The Morgan fingerprint density at radius 1 is 1.26 bits per heavy atom. The molecule has 1 aliphatic rings. The maximum atomic E-state index is 12.4. The van der Waals surface area contributed by atoms with Crippen molar-refractivity contribution < 1.29 is 23.9 Å². The van der Waals surface area contributed by atoms with Gasteiger partial charge in [0, 0.05) is 16.6 Å². The number of ether oxygens (including phenoxy) is 2. The Hall–Kier alpha value is -2.40. The van der Waals surface area contributed by atoms with Crippen LogP contribution >= 0.6 is 15.9 Å². The molecule has 0 bridgehead atoms. The van der Waals surface area contributed by atoms with Crippen molar-refractivity contribution in [2.45, 2.75) is 38.8 Å². The number of halogens is 1. The first-order valence-electron chi connectivity index (χ1n) is 8.45. The van der Waals surface area contributed by atoms with Crippen LogP contribution in [-0.2, 0) is 14.3 Å². The second kappa shape index (κ2) is 8.53. The lowest BCUT2D eigenvalue weighted by Gasteiger charge is -2.27. The van der Waals surface area contributed by atoms with Gasteiger partial charge in [0.25, 0.3) is 0 Å². The summed E-state index contributed by atoms with van der Waals surface area (Å²) in [5.41, 5.74) is -0.315. The Morgan fingerprint density at radius 2 is 1.89 bits per heavy atom. The number of benzene rings is 1. The lowest BCUT2D eigenvalue weighted by atomic mass is 10.1. The van der Waals surface area contributed by atoms with Gasteiger partial charge < -0.3 is 9.47 Å². The van der Waals surface area contributed by atoms with Gasteiger partial charge in [-0.2, -0.15) is 5.26 Å². The fraction of sp³-hybridized carbons (Fsp3) is 0.474. The van der Waals surface area contributed by atoms with Gasteiger partial charge in [-0.05, 0) is 39.3 Å². The smallest absolute Gasteiger partial charge is 0.411 e. The van der Waals surface area contributed by atoms with E-state index < -0.39 is 36.2 Å². The number of nitriles is 1. The highest BCUT2D eigenvalue weighted by Gasteiger charge is 2.42. The van der Waals surface area contributed by atoms with Gasteiger partial charge in [-0.1, -0.05) is 28.1 Å². The molecule has 0 unspecified atom stereocenters. The van der Waals surface area contributed by atoms with E-state index in [1.165, 1.54) is 4.90 Å². The first-order chi connectivity index (χ1) is 12.6. The summed E-state index contributed by atoms with van der Waals surface area (Å²) in [7, 11) is 0. The second-order valence-electron chi connectivity index (χ2n) is 7.25. The van der Waals surface area contributed by atoms with E-state index in [4.69, 9.17) is 14.7 Å². The maximum Gasteiger partial charge on any atom is 0.411 e. The summed E-state index contributed by atoms with van der Waals surface area (Å²) in [6.07, 6.45) is -0.525. The average molecular weight is 437 g/mol. The molecule has 0 N–H and O–H groups in total. The van der Waals surface area contributed by atoms with E-state index >= 15 is 0 Å². The van der Waals surface area contributed by atoms with Crippen LogP contribution in [0.4, 0.5) is 4.79 Å². The van der Waals surface area contributed by atoms with Crippen molar-refractivity contribution in [1.82, 2.24) is 4.90 Å². The van der Waals surface area contributed by atoms with Crippen molar-refractivity contribution in [3.63, 3.8) is 0 Å². The minimum atomic E-state index is -0.942. The van der Waals surface area contributed by atoms with Crippen LogP contribution < -0.4 is 0 Å². The molecule has 0 spiro atoms. The molecule has 1 aliphatic heterocycles. The number of hydrogen-bond acceptors (Lipinski definition) is 6. The van der Waals surface area contributed by atoms with Crippen LogP contribution in [0.2, 0.25) is 0 Å². The molecule has 8 heteroatoms. The fourth-order valence-electron chi connectivity index (χ4n) is 2.63. The normalized spacial score (nSPS) is 19.3. The van der Waals surface area contributed by atoms with Crippen molar-refractivity contribution in [2.24, 2.45) is 5.92 Å². The van der Waals surface area contributed by atoms with Crippen LogP contribution in [0.15, 0.2) is 28.7 Å². The molecular formula is C19H21BrN2O5. The Balaban J connectivity index is 2.01. The number of carbonyl (C=O) groups is 3. The number of carbonyl (C=O) groups excluding carboxylic acids is 3. The van der Waals surface area contributed by atoms with Crippen LogP contribution in [0.5, 0.6) is 0 Å². The topological polar surface area (TPSA) is 96.7 Å². The van der Waals surface area contributed by atoms with Gasteiger partial charge in [0.05, 0.1) is 12.0 Å². The molecule has 144 valence electrons. The number of Topliss-reactive ketones (excluding diaryl/α,β-unsaturated/α-hetero) is 1. The Labute approximate surface area is 166 Å². The first-order valence-corrected chi connectivity index (χ1v) is 9.24. The monoisotopic (exact) mass is 436 g/mol. The number of ketones is 1. The van der Waals surface area contributed by atoms with E-state index in [1.54, 1.807) is 45.0 Å². The minimum absolute atomic E-state index is 0.0891. The summed E-state index contributed by atoms with van der Waals surface area (Å²) < 4.78 is 11.2. The molecule has 0 aliphatic carbocycles. The molecule has 27 heavy (non-hydrogen) atoms. The molecule has 0 saturated carbocycles. The molecule has 2 atom stereocenters. The third-order valence-electron chi connectivity index (χ3n) is 3.90. The zero-order valence-electron chi connectivity index (χ0n) is 15.4. The number of likely N-dealkylation sites (tertiary alicyclic amines) is 1. The molecule has 1 saturated heterocycles. The number of rotatable bonds is 4. The molecule has 1 aromatic carbocycles. The standard InChI is InChI=1S/C19H21BrN2O5/c1-19(2,3)27-18(25)22-10-12(9-21)8-15(22)17(24)26-11-16(23)13-4-6-14(20)7-5-13/h4-7,12,15H,8,10-11H2,1-3H3/t12-,15-/m0/s1. The van der Waals surface area contributed by atoms with E-state index in [1.807, 2.05) is 0 Å². The first kappa shape index (κ1) is 20.9. The molecule has 1 aromatic rings. The Bertz CT molecular complexity index is 764. The minimum Gasteiger partial charge on any atom is -0.456 e. The molecule has 1 heterocycles. The molecule has 2 rings (SSSR count). The van der Waals surface area contributed by atoms with Gasteiger partial charge in [-0.25, -0.2) is 9.59 Å². The fourth-order valence-corrected chi connectivity index (χ4v) is 2.89. The third kappa shape index (κ3) is 5.79. The van der Waals surface area contributed by atoms with E-state index in [0.717, 1.165) is 4.47 Å². The van der Waals surface area contributed by atoms with E-state index in [9.17, 15) is 14.4 Å². The average Bonchev–Trinajstić information content (AvgIpc) is 3.03. The Kier molecular flexibility index (Phi) is 6.60. The molecular weight excluding hydrogens is 416 g/mol. The lowest BCUT2D eigenvalue weighted by Crippen LogP contribution is -2.44. The molecule has 1 fully saturated rings. The van der Waals surface area contributed by atoms with Crippen LogP contribution in [0.1, 0.15) is 37.6 Å². The van der Waals surface area contributed by atoms with Crippen LogP contribution in [0, 0.1) is 17.2 Å². The van der Waals surface area contributed by atoms with Crippen molar-refractivity contribution in [3.05, 3.63) is 34.3 Å². The van der Waals surface area contributed by atoms with Crippen LogP contribution in [0.25, 0.3) is 0 Å². The summed E-state index contributed by atoms with van der Waals surface area (Å²) in [6, 6.07) is 7.79. The van der Waals surface area contributed by atoms with Crippen LogP contribution in [-0.4, -0.2) is 47.5 Å². The van der Waals surface area contributed by atoms with Gasteiger partial charge in [0.15, 0.2) is 12.4 Å². The predicted molar refractivity (Wildman–Crippen MR) is 99.9 cm³/mol. The largest absolute Gasteiger partial charge is 0.456 e. The number of hydrogen-bond donors (Lipinski definition) is 0. The summed E-state index contributed by atoms with van der Waals surface area (Å²) in [6.45, 7) is 4.80. The van der Waals surface area contributed by atoms with Gasteiger partial charge in [-0.3, -0.25) is 9.69 Å². The predicted octanol–water partition coefficient (Wildman–Crippen LogP) is 3.32. The summed E-state index contributed by atoms with van der Waals surface area (Å²) in [4.78, 5) is 38.1. The quantitative estimate of drug-likeness (QED) is 0.530. The highest BCUT2D eigenvalue weighted by molar-refractivity contribution is 9.10. The van der Waals surface area contributed by atoms with Gasteiger partial charge in [0.1, 0.15) is 11.6 Å². The van der Waals surface area contributed by atoms with Crippen molar-refractivity contribution in [1.29, 1.82) is 5.26 Å². The number of nitrogens with zero attached hydrogens (tertiary/aromatic N) is 2. The van der Waals surface area contributed by atoms with Gasteiger partial charge >= 0.3 is 12.1 Å². The van der Waals surface area contributed by atoms with Crippen LogP contribution in [0.3, 0.4) is 0 Å². The molecule has 0 aromatic heterocycles. The zero-order valence-corrected chi connectivity index (χ0v) is 17.0. The third-order valence-corrected chi connectivity index (χ3v) is 4.42. The lowest BCUT2D eigenvalue weighted by molar-refractivity contribution is -0.147. The Morgan fingerprint density at radius 3 is 2.44 bits per heavy atom. The SMILES string of the molecule is CC(C)(C)OC(=O)N1C[C@H](C#N)C[C@H]1C(=O)OCC(=O)c1ccc(Br)cc1. The highest BCUT2D eigenvalue weighted by Crippen LogP contribution is 2.26. The number of esters is 1. The molecule has 0 radical (unpaired) electrons. The van der Waals surface area contributed by atoms with Crippen molar-refractivity contribution in [2.75, 3.05) is 13.2 Å². The van der Waals surface area contributed by atoms with Crippen molar-refractivity contribution >= 4 is 33.8 Å². The second-order valence-corrected chi connectivity index (χ2v) is 8.16. The summed E-state index contributed by atoms with van der Waals surface area (Å²) in [5.74, 6) is -1.56. The van der Waals surface area contributed by atoms with Gasteiger partial charge in [0.2, 0.25) is 0 Å². The van der Waals surface area contributed by atoms with E-state index in [-0.39, 0.29) is 18.7 Å².